The highest BCUT2D eigenvalue weighted by Crippen LogP contribution is 2.29. The lowest BCUT2D eigenvalue weighted by molar-refractivity contribution is 0.0638. The first-order valence-electron chi connectivity index (χ1n) is 23.4. The molecule has 0 fully saturated rings. The monoisotopic (exact) mass is 978 g/mol. The van der Waals surface area contributed by atoms with Gasteiger partial charge in [-0.15, -0.1) is 0 Å². The van der Waals surface area contributed by atoms with Crippen molar-refractivity contribution in [2.75, 3.05) is 26.2 Å². The standard InChI is InChI=1S/C50H66N4O9Si4/c1-64(2,62-66(5,6)35-15-31-53-47(57)41-17-9-10-18-42(41)48(53)58)33-13-29-51-45(55)37-21-25-39(26-22-37)61-40-27-23-38(24-28-40)46(56)52-30-14-34-65(3,4)63-67(7,8)36-16-32-54-49(59)43-19-11-12-20-44(43)50(54)60/h9-12,17-28H,13-16,29-36H2,1-8H3,(H,51,55)(H,52,56). The Morgan fingerprint density at radius 2 is 0.716 bits per heavy atom. The molecule has 4 aromatic carbocycles. The Kier molecular flexibility index (Phi) is 16.6. The number of fused-ring (bicyclic) bond motifs is 2. The molecule has 2 heterocycles. The summed E-state index contributed by atoms with van der Waals surface area (Å²) in [7, 11) is -8.18. The molecule has 0 saturated heterocycles. The molecule has 13 nitrogen and oxygen atoms in total. The van der Waals surface area contributed by atoms with Crippen molar-refractivity contribution >= 4 is 68.7 Å². The first-order chi connectivity index (χ1) is 31.6. The Morgan fingerprint density at radius 1 is 0.433 bits per heavy atom. The molecule has 6 amide bonds. The Labute approximate surface area is 399 Å². The molecule has 0 atom stereocenters. The first kappa shape index (κ1) is 51.1. The molecule has 0 saturated carbocycles. The summed E-state index contributed by atoms with van der Waals surface area (Å²) < 4.78 is 19.6. The van der Waals surface area contributed by atoms with Gasteiger partial charge in [-0.3, -0.25) is 38.6 Å². The van der Waals surface area contributed by atoms with Crippen LogP contribution in [0.1, 0.15) is 87.8 Å². The lowest BCUT2D eigenvalue weighted by Gasteiger charge is -2.34. The van der Waals surface area contributed by atoms with Crippen molar-refractivity contribution in [2.24, 2.45) is 0 Å². The molecule has 0 radical (unpaired) electrons. The predicted molar refractivity (Wildman–Crippen MR) is 271 cm³/mol. The maximum atomic E-state index is 13.0. The minimum absolute atomic E-state index is 0.163. The van der Waals surface area contributed by atoms with Crippen molar-refractivity contribution in [1.82, 2.24) is 20.4 Å². The van der Waals surface area contributed by atoms with Crippen molar-refractivity contribution in [2.45, 2.75) is 102 Å². The molecular weight excluding hydrogens is 913 g/mol. The highest BCUT2D eigenvalue weighted by atomic mass is 28.4. The van der Waals surface area contributed by atoms with Crippen LogP contribution in [0.2, 0.25) is 76.6 Å². The molecule has 17 heteroatoms. The summed E-state index contributed by atoms with van der Waals surface area (Å²) >= 11 is 0. The van der Waals surface area contributed by atoms with Crippen LogP contribution in [0.4, 0.5) is 0 Å². The number of benzene rings is 4. The summed E-state index contributed by atoms with van der Waals surface area (Å²) in [5.41, 5.74) is 2.96. The van der Waals surface area contributed by atoms with Gasteiger partial charge < -0.3 is 23.6 Å². The average Bonchev–Trinajstić information content (AvgIpc) is 3.66. The SMILES string of the molecule is C[Si](C)(CCCNC(=O)c1ccc(Oc2ccc(C(=O)NCCC[Si](C)(C)O[Si](C)(C)CCCN3C(=O)c4ccccc4C3=O)cc2)cc1)O[Si](C)(C)CCCN1C(=O)c2ccccc2C1=O. The van der Waals surface area contributed by atoms with E-state index in [1.807, 2.05) is 0 Å². The van der Waals surface area contributed by atoms with Crippen LogP contribution in [0.25, 0.3) is 0 Å². The van der Waals surface area contributed by atoms with Crippen molar-refractivity contribution in [3.8, 4) is 11.5 Å². The number of hydrogen-bond donors (Lipinski definition) is 2. The maximum Gasteiger partial charge on any atom is 0.261 e. The van der Waals surface area contributed by atoms with Gasteiger partial charge >= 0.3 is 0 Å². The van der Waals surface area contributed by atoms with Gasteiger partial charge in [-0.05, 0) is 175 Å². The van der Waals surface area contributed by atoms with Crippen molar-refractivity contribution < 1.29 is 41.7 Å². The lowest BCUT2D eigenvalue weighted by Crippen LogP contribution is -2.45. The van der Waals surface area contributed by atoms with Gasteiger partial charge in [-0.2, -0.15) is 0 Å². The summed E-state index contributed by atoms with van der Waals surface area (Å²) in [6, 6.07) is 31.3. The number of amides is 6. The number of nitrogens with zero attached hydrogens (tertiary/aromatic N) is 2. The fraction of sp³-hybridized carbons (Fsp3) is 0.400. The third-order valence-electron chi connectivity index (χ3n) is 12.1. The summed E-state index contributed by atoms with van der Waals surface area (Å²) in [6.07, 6.45) is 3.00. The second-order valence-corrected chi connectivity index (χ2v) is 37.6. The Bertz CT molecular complexity index is 2220. The van der Waals surface area contributed by atoms with Gasteiger partial charge in [0.1, 0.15) is 11.5 Å². The second-order valence-electron chi connectivity index (χ2n) is 19.9. The Balaban J connectivity index is 0.837. The topological polar surface area (TPSA) is 161 Å². The summed E-state index contributed by atoms with van der Waals surface area (Å²) in [5.74, 6) is -0.0698. The van der Waals surface area contributed by atoms with E-state index in [0.717, 1.165) is 37.0 Å². The van der Waals surface area contributed by atoms with Gasteiger partial charge in [0.2, 0.25) is 0 Å². The molecule has 0 aliphatic carbocycles. The van der Waals surface area contributed by atoms with Crippen LogP contribution in [0.15, 0.2) is 97.1 Å². The van der Waals surface area contributed by atoms with E-state index in [4.69, 9.17) is 13.0 Å². The summed E-state index contributed by atoms with van der Waals surface area (Å²) in [6.45, 7) is 19.4. The first-order valence-corrected chi connectivity index (χ1v) is 35.9. The molecule has 4 aromatic rings. The smallest absolute Gasteiger partial charge is 0.261 e. The van der Waals surface area contributed by atoms with Gasteiger partial charge in [0, 0.05) is 37.3 Å². The highest BCUT2D eigenvalue weighted by Gasteiger charge is 2.38. The third-order valence-corrected chi connectivity index (χ3v) is 27.2. The van der Waals surface area contributed by atoms with Crippen LogP contribution in [0.5, 0.6) is 11.5 Å². The van der Waals surface area contributed by atoms with E-state index in [-0.39, 0.29) is 35.4 Å². The van der Waals surface area contributed by atoms with Crippen molar-refractivity contribution in [3.63, 3.8) is 0 Å². The zero-order valence-electron chi connectivity index (χ0n) is 40.3. The van der Waals surface area contributed by atoms with Crippen molar-refractivity contribution in [1.29, 1.82) is 0 Å². The van der Waals surface area contributed by atoms with Crippen molar-refractivity contribution in [3.05, 3.63) is 130 Å². The molecule has 0 unspecified atom stereocenters. The quantitative estimate of drug-likeness (QED) is 0.0396. The Hall–Kier alpha value is -5.31. The molecule has 356 valence electrons. The van der Waals surface area contributed by atoms with E-state index in [2.05, 4.69) is 63.0 Å². The van der Waals surface area contributed by atoms with Gasteiger partial charge in [0.15, 0.2) is 33.3 Å². The summed E-state index contributed by atoms with van der Waals surface area (Å²) in [4.78, 5) is 79.6. The van der Waals surface area contributed by atoms with Crippen LogP contribution in [-0.2, 0) is 8.23 Å². The fourth-order valence-electron chi connectivity index (χ4n) is 9.03. The lowest BCUT2D eigenvalue weighted by atomic mass is 10.1. The largest absolute Gasteiger partial charge is 0.457 e. The second kappa shape index (κ2) is 21.8. The molecule has 0 spiro atoms. The minimum Gasteiger partial charge on any atom is -0.457 e. The number of imide groups is 2. The number of carbonyl (C=O) groups is 6. The van der Waals surface area contributed by atoms with Crippen LogP contribution in [0, 0.1) is 0 Å². The maximum absolute atomic E-state index is 13.0. The average molecular weight is 979 g/mol. The van der Waals surface area contributed by atoms with Gasteiger partial charge in [0.25, 0.3) is 35.4 Å². The van der Waals surface area contributed by atoms with Gasteiger partial charge in [-0.1, -0.05) is 24.3 Å². The molecular formula is C50H66N4O9Si4. The van der Waals surface area contributed by atoms with Gasteiger partial charge in [-0.25, -0.2) is 0 Å². The van der Waals surface area contributed by atoms with E-state index in [1.54, 1.807) is 97.1 Å². The van der Waals surface area contributed by atoms with E-state index >= 15 is 0 Å². The molecule has 6 rings (SSSR count). The molecule has 0 aromatic heterocycles. The van der Waals surface area contributed by atoms with Gasteiger partial charge in [0.05, 0.1) is 22.3 Å². The number of carbonyl (C=O) groups excluding carboxylic acids is 6. The van der Waals surface area contributed by atoms with Crippen LogP contribution in [-0.4, -0.2) is 105 Å². The zero-order valence-corrected chi connectivity index (χ0v) is 44.3. The predicted octanol–water partition coefficient (Wildman–Crippen LogP) is 9.94. The fourth-order valence-corrected chi connectivity index (χ4v) is 26.7. The van der Waals surface area contributed by atoms with E-state index < -0.39 is 33.3 Å². The summed E-state index contributed by atoms with van der Waals surface area (Å²) in [5, 5.41) is 6.05. The number of nitrogens with one attached hydrogen (secondary N) is 2. The third kappa shape index (κ3) is 13.9. The molecule has 67 heavy (non-hydrogen) atoms. The minimum atomic E-state index is -2.06. The van der Waals surface area contributed by atoms with Crippen LogP contribution >= 0.6 is 0 Å². The zero-order chi connectivity index (χ0) is 48.6. The van der Waals surface area contributed by atoms with E-state index in [9.17, 15) is 28.8 Å². The molecule has 2 N–H and O–H groups in total. The normalized spacial score (nSPS) is 14.1. The number of ether oxygens (including phenoxy) is 1. The highest BCUT2D eigenvalue weighted by molar-refractivity contribution is 6.85. The number of hydrogen-bond acceptors (Lipinski definition) is 9. The van der Waals surface area contributed by atoms with E-state index in [1.165, 1.54) is 9.80 Å². The number of rotatable bonds is 24. The van der Waals surface area contributed by atoms with E-state index in [0.29, 0.717) is 83.9 Å². The van der Waals surface area contributed by atoms with Crippen LogP contribution in [0.3, 0.4) is 0 Å². The molecule has 0 bridgehead atoms. The Morgan fingerprint density at radius 3 is 1.01 bits per heavy atom. The molecule has 2 aliphatic heterocycles. The molecule has 2 aliphatic rings. The van der Waals surface area contributed by atoms with Crippen LogP contribution < -0.4 is 15.4 Å².